The van der Waals surface area contributed by atoms with Crippen LogP contribution in [0.15, 0.2) is 35.5 Å². The van der Waals surface area contributed by atoms with Gasteiger partial charge in [-0.15, -0.1) is 0 Å². The summed E-state index contributed by atoms with van der Waals surface area (Å²) in [6, 6.07) is 0. The van der Waals surface area contributed by atoms with E-state index >= 15 is 0 Å². The van der Waals surface area contributed by atoms with Crippen molar-refractivity contribution in [2.45, 2.75) is 47.0 Å². The van der Waals surface area contributed by atoms with Crippen molar-refractivity contribution in [3.05, 3.63) is 35.5 Å². The van der Waals surface area contributed by atoms with Crippen LogP contribution < -0.4 is 0 Å². The predicted octanol–water partition coefficient (Wildman–Crippen LogP) is 4.21. The van der Waals surface area contributed by atoms with Crippen molar-refractivity contribution >= 4 is 5.78 Å². The fourth-order valence-electron chi connectivity index (χ4n) is 2.35. The average Bonchev–Trinajstić information content (AvgIpc) is 2.14. The normalized spacial score (nSPS) is 21.0. The molecule has 0 aromatic heterocycles. The molecule has 0 amide bonds. The highest BCUT2D eigenvalue weighted by atomic mass is 16.1. The second kappa shape index (κ2) is 5.29. The van der Waals surface area contributed by atoms with Crippen LogP contribution in [0.25, 0.3) is 0 Å². The lowest BCUT2D eigenvalue weighted by Crippen LogP contribution is -2.18. The first kappa shape index (κ1) is 13.0. The molecule has 0 aliphatic heterocycles. The summed E-state index contributed by atoms with van der Waals surface area (Å²) in [6.07, 6.45) is 11.3. The van der Waals surface area contributed by atoms with Crippen LogP contribution in [0.4, 0.5) is 0 Å². The molecule has 0 heterocycles. The summed E-state index contributed by atoms with van der Waals surface area (Å²) < 4.78 is 0. The summed E-state index contributed by atoms with van der Waals surface area (Å²) in [4.78, 5) is 10.8. The van der Waals surface area contributed by atoms with Gasteiger partial charge in [0.25, 0.3) is 0 Å². The lowest BCUT2D eigenvalue weighted by Gasteiger charge is -2.32. The largest absolute Gasteiger partial charge is 0.295 e. The number of allylic oxidation sites excluding steroid dienone is 6. The molecule has 0 unspecified atom stereocenters. The van der Waals surface area contributed by atoms with E-state index in [2.05, 4.69) is 26.8 Å². The highest BCUT2D eigenvalue weighted by Gasteiger charge is 2.26. The fourth-order valence-corrected chi connectivity index (χ4v) is 2.35. The van der Waals surface area contributed by atoms with Crippen LogP contribution in [0.5, 0.6) is 0 Å². The third kappa shape index (κ3) is 3.48. The van der Waals surface area contributed by atoms with Crippen molar-refractivity contribution in [1.29, 1.82) is 0 Å². The Morgan fingerprint density at radius 2 is 2.00 bits per heavy atom. The van der Waals surface area contributed by atoms with Gasteiger partial charge >= 0.3 is 0 Å². The molecule has 0 spiro atoms. The number of rotatable bonds is 3. The van der Waals surface area contributed by atoms with E-state index < -0.39 is 0 Å². The molecule has 1 aliphatic carbocycles. The van der Waals surface area contributed by atoms with Gasteiger partial charge in [0.2, 0.25) is 0 Å². The van der Waals surface area contributed by atoms with Gasteiger partial charge in [0.1, 0.15) is 0 Å². The maximum Gasteiger partial charge on any atom is 0.152 e. The molecule has 1 rings (SSSR count). The van der Waals surface area contributed by atoms with Gasteiger partial charge in [-0.25, -0.2) is 0 Å². The summed E-state index contributed by atoms with van der Waals surface area (Å²) in [5, 5.41) is 0. The first-order valence-corrected chi connectivity index (χ1v) is 5.99. The zero-order valence-electron chi connectivity index (χ0n) is 10.8. The molecule has 0 atom stereocenters. The Labute approximate surface area is 98.9 Å². The Morgan fingerprint density at radius 1 is 1.31 bits per heavy atom. The molecular weight excluding hydrogens is 196 g/mol. The van der Waals surface area contributed by atoms with Crippen LogP contribution in [0.1, 0.15) is 47.0 Å². The maximum absolute atomic E-state index is 10.8. The van der Waals surface area contributed by atoms with Crippen LogP contribution in [-0.4, -0.2) is 5.78 Å². The third-order valence-corrected chi connectivity index (χ3v) is 3.25. The monoisotopic (exact) mass is 218 g/mol. The van der Waals surface area contributed by atoms with E-state index in [9.17, 15) is 4.79 Å². The van der Waals surface area contributed by atoms with E-state index in [1.807, 2.05) is 12.2 Å². The molecule has 0 bridgehead atoms. The van der Waals surface area contributed by atoms with Crippen molar-refractivity contribution < 1.29 is 4.79 Å². The van der Waals surface area contributed by atoms with E-state index in [0.29, 0.717) is 0 Å². The summed E-state index contributed by atoms with van der Waals surface area (Å²) in [5.41, 5.74) is 3.21. The minimum absolute atomic E-state index is 0.0956. The molecule has 1 nitrogen and oxygen atoms in total. The second-order valence-electron chi connectivity index (χ2n) is 5.26. The van der Waals surface area contributed by atoms with Gasteiger partial charge in [-0.3, -0.25) is 4.79 Å². The minimum Gasteiger partial charge on any atom is -0.295 e. The van der Waals surface area contributed by atoms with Crippen LogP contribution in [0.3, 0.4) is 0 Å². The van der Waals surface area contributed by atoms with Gasteiger partial charge in [-0.2, -0.15) is 0 Å². The van der Waals surface area contributed by atoms with E-state index in [4.69, 9.17) is 0 Å². The van der Waals surface area contributed by atoms with Crippen LogP contribution in [0.2, 0.25) is 0 Å². The van der Waals surface area contributed by atoms with Crippen LogP contribution in [-0.2, 0) is 4.79 Å². The molecule has 16 heavy (non-hydrogen) atoms. The minimum atomic E-state index is 0.0956. The Kier molecular flexibility index (Phi) is 4.28. The van der Waals surface area contributed by atoms with Gasteiger partial charge in [0, 0.05) is 0 Å². The maximum atomic E-state index is 10.8. The van der Waals surface area contributed by atoms with E-state index in [1.54, 1.807) is 13.0 Å². The molecule has 1 aliphatic rings. The van der Waals surface area contributed by atoms with Crippen LogP contribution in [0, 0.1) is 5.41 Å². The lowest BCUT2D eigenvalue weighted by atomic mass is 9.73. The van der Waals surface area contributed by atoms with Crippen molar-refractivity contribution in [2.75, 3.05) is 0 Å². The average molecular weight is 218 g/mol. The Balaban J connectivity index is 2.81. The van der Waals surface area contributed by atoms with Crippen molar-refractivity contribution in [2.24, 2.45) is 5.41 Å². The van der Waals surface area contributed by atoms with Crippen molar-refractivity contribution in [1.82, 2.24) is 0 Å². The van der Waals surface area contributed by atoms with E-state index in [-0.39, 0.29) is 11.2 Å². The topological polar surface area (TPSA) is 17.1 Å². The summed E-state index contributed by atoms with van der Waals surface area (Å²) >= 11 is 0. The van der Waals surface area contributed by atoms with Gasteiger partial charge in [-0.1, -0.05) is 37.6 Å². The van der Waals surface area contributed by atoms with Gasteiger partial charge in [-0.05, 0) is 50.2 Å². The zero-order chi connectivity index (χ0) is 12.2. The molecule has 0 radical (unpaired) electrons. The smallest absolute Gasteiger partial charge is 0.152 e. The first-order valence-electron chi connectivity index (χ1n) is 5.99. The third-order valence-electron chi connectivity index (χ3n) is 3.25. The summed E-state index contributed by atoms with van der Waals surface area (Å²) in [7, 11) is 0. The summed E-state index contributed by atoms with van der Waals surface area (Å²) in [6.45, 7) is 8.38. The van der Waals surface area contributed by atoms with Crippen LogP contribution >= 0.6 is 0 Å². The standard InChI is InChI=1S/C15H22O/c1-12-8-7-11-15(3,4)14(12)10-6-5-9-13(2)16/h5-6,9-10H,7-8,11H2,1-4H3/b9-5+,10-6+. The lowest BCUT2D eigenvalue weighted by molar-refractivity contribution is -0.112. The molecule has 0 aromatic rings. The molecule has 1 heteroatoms. The Bertz CT molecular complexity index is 354. The fraction of sp³-hybridized carbons (Fsp3) is 0.533. The second-order valence-corrected chi connectivity index (χ2v) is 5.26. The molecule has 0 saturated heterocycles. The summed E-state index contributed by atoms with van der Waals surface area (Å²) in [5.74, 6) is 0.0956. The predicted molar refractivity (Wildman–Crippen MR) is 69.3 cm³/mol. The molecule has 0 fully saturated rings. The number of carbonyl (C=O) groups excluding carboxylic acids is 1. The van der Waals surface area contributed by atoms with Gasteiger partial charge in [0.15, 0.2) is 5.78 Å². The Morgan fingerprint density at radius 3 is 2.56 bits per heavy atom. The molecule has 0 aromatic carbocycles. The number of carbonyl (C=O) groups is 1. The quantitative estimate of drug-likeness (QED) is 0.512. The SMILES string of the molecule is CC(=O)/C=C/C=C/C1=C(C)CCCC1(C)C. The molecule has 0 N–H and O–H groups in total. The van der Waals surface area contributed by atoms with E-state index in [1.165, 1.54) is 30.4 Å². The number of ketones is 1. The molecular formula is C15H22O. The number of hydrogen-bond donors (Lipinski definition) is 0. The number of hydrogen-bond acceptors (Lipinski definition) is 1. The first-order chi connectivity index (χ1) is 7.43. The van der Waals surface area contributed by atoms with E-state index in [0.717, 1.165) is 0 Å². The molecule has 0 saturated carbocycles. The van der Waals surface area contributed by atoms with Crippen molar-refractivity contribution in [3.63, 3.8) is 0 Å². The zero-order valence-corrected chi connectivity index (χ0v) is 10.8. The van der Waals surface area contributed by atoms with Gasteiger partial charge < -0.3 is 0 Å². The van der Waals surface area contributed by atoms with Crippen molar-refractivity contribution in [3.8, 4) is 0 Å². The molecule has 88 valence electrons. The Hall–Kier alpha value is -1.11. The highest BCUT2D eigenvalue weighted by Crippen LogP contribution is 2.40. The van der Waals surface area contributed by atoms with Gasteiger partial charge in [0.05, 0.1) is 0 Å². The highest BCUT2D eigenvalue weighted by molar-refractivity contribution is 5.87.